The third-order valence-corrected chi connectivity index (χ3v) is 13.5. The van der Waals surface area contributed by atoms with E-state index >= 15 is 0 Å². The van der Waals surface area contributed by atoms with E-state index in [-0.39, 0.29) is 43.9 Å². The zero-order valence-electron chi connectivity index (χ0n) is 35.4. The summed E-state index contributed by atoms with van der Waals surface area (Å²) >= 11 is 6.54. The fourth-order valence-electron chi connectivity index (χ4n) is 8.59. The number of aromatic amines is 1. The van der Waals surface area contributed by atoms with Crippen LogP contribution in [0, 0.1) is 21.4 Å². The molecule has 1 amide bonds. The van der Waals surface area contributed by atoms with Gasteiger partial charge in [0.2, 0.25) is 0 Å². The van der Waals surface area contributed by atoms with Gasteiger partial charge in [-0.15, -0.1) is 0 Å². The molecule has 338 valence electrons. The summed E-state index contributed by atoms with van der Waals surface area (Å²) in [5, 5.41) is 16.1. The summed E-state index contributed by atoms with van der Waals surface area (Å²) in [6.07, 6.45) is 3.15. The quantitative estimate of drug-likeness (QED) is 0.0768. The van der Waals surface area contributed by atoms with Gasteiger partial charge >= 0.3 is 6.18 Å². The zero-order valence-corrected chi connectivity index (χ0v) is 37.0. The minimum atomic E-state index is -4.48. The van der Waals surface area contributed by atoms with E-state index < -0.39 is 33.6 Å². The molecule has 2 fully saturated rings. The van der Waals surface area contributed by atoms with Crippen LogP contribution in [0.5, 0.6) is 11.5 Å². The Hall–Kier alpha value is -5.49. The van der Waals surface area contributed by atoms with Gasteiger partial charge in [-0.05, 0) is 103 Å². The molecule has 1 aliphatic carbocycles. The van der Waals surface area contributed by atoms with Crippen molar-refractivity contribution in [1.82, 2.24) is 19.6 Å². The molecular formula is C46H49ClF3N7O6S. The minimum absolute atomic E-state index is 0.0286. The molecule has 3 aliphatic rings. The Bertz CT molecular complexity index is 2610. The van der Waals surface area contributed by atoms with Crippen molar-refractivity contribution in [2.24, 2.45) is 11.3 Å². The second kappa shape index (κ2) is 18.9. The van der Waals surface area contributed by atoms with Crippen LogP contribution in [0.2, 0.25) is 5.02 Å². The Labute approximate surface area is 376 Å². The average molecular weight is 920 g/mol. The van der Waals surface area contributed by atoms with Gasteiger partial charge in [0.25, 0.3) is 11.6 Å². The number of alkyl halides is 3. The highest BCUT2D eigenvalue weighted by molar-refractivity contribution is 7.83. The Balaban J connectivity index is 0.989. The number of aromatic nitrogens is 2. The van der Waals surface area contributed by atoms with Gasteiger partial charge in [-0.2, -0.15) is 13.2 Å². The van der Waals surface area contributed by atoms with E-state index in [1.54, 1.807) is 30.5 Å². The van der Waals surface area contributed by atoms with Crippen LogP contribution in [0.15, 0.2) is 89.6 Å². The molecule has 3 aromatic carbocycles. The number of nitro benzene ring substituents is 1. The number of carbonyl (C=O) groups excluding carboxylic acids is 1. The highest BCUT2D eigenvalue weighted by atomic mass is 35.5. The number of ether oxygens (including phenoxy) is 2. The van der Waals surface area contributed by atoms with Gasteiger partial charge in [0, 0.05) is 80.3 Å². The lowest BCUT2D eigenvalue weighted by molar-refractivity contribution is -0.384. The molecule has 0 saturated carbocycles. The Kier molecular flexibility index (Phi) is 13.3. The first-order valence-electron chi connectivity index (χ1n) is 21.2. The lowest BCUT2D eigenvalue weighted by Crippen LogP contribution is -2.47. The molecule has 8 rings (SSSR count). The second-order valence-electron chi connectivity index (χ2n) is 17.3. The molecule has 3 N–H and O–H groups in total. The number of rotatable bonds is 13. The van der Waals surface area contributed by atoms with Crippen molar-refractivity contribution >= 4 is 62.2 Å². The predicted octanol–water partition coefficient (Wildman–Crippen LogP) is 10.0. The Morgan fingerprint density at radius 1 is 1.09 bits per heavy atom. The smallest absolute Gasteiger partial charge is 0.416 e. The van der Waals surface area contributed by atoms with Crippen LogP contribution >= 0.6 is 11.6 Å². The number of nitro groups is 1. The highest BCUT2D eigenvalue weighted by Gasteiger charge is 2.34. The van der Waals surface area contributed by atoms with Gasteiger partial charge in [0.15, 0.2) is 11.0 Å². The molecule has 64 heavy (non-hydrogen) atoms. The maximum absolute atomic E-state index is 13.9. The van der Waals surface area contributed by atoms with Crippen LogP contribution in [0.3, 0.4) is 0 Å². The SMILES string of the molecule is CC1(C)CCC(CN2CCN(c3ccc(C(=O)NS(=O)c4ccc(NCC5CCCOC5)c([N+](=O)[O-])c4)c(Oc4cnc5[nH]ccc5c4)c3)CC2)=C(c2ccc(C(F)(F)F)cc2Cl)C1. The van der Waals surface area contributed by atoms with Crippen molar-refractivity contribution in [3.63, 3.8) is 0 Å². The number of carbonyl (C=O) groups is 1. The van der Waals surface area contributed by atoms with E-state index in [1.165, 1.54) is 36.0 Å². The summed E-state index contributed by atoms with van der Waals surface area (Å²) in [6, 6.07) is 16.6. The molecule has 2 unspecified atom stereocenters. The molecule has 18 heteroatoms. The van der Waals surface area contributed by atoms with E-state index in [0.29, 0.717) is 75.9 Å². The zero-order chi connectivity index (χ0) is 45.2. The fraction of sp³-hybridized carbons (Fsp3) is 0.391. The maximum atomic E-state index is 13.9. The number of anilines is 2. The molecule has 2 saturated heterocycles. The standard InChI is InChI=1S/C46H49ClF3N7O6S/c1-45(2)13-11-31(38(24-45)36-8-5-32(21-39(36)47)46(48,49)50)27-55-15-17-56(18-16-55)33-6-9-37(42(22-33)63-34-20-30-12-14-51-43(30)53-26-34)44(58)54-64(61)35-7-10-40(41(23-35)57(59)60)52-25-29-4-3-19-62-28-29/h5-10,12,14,20-23,26,29,52H,3-4,11,13,15-19,24-25,27-28H2,1-2H3,(H,51,53)(H,54,58). The summed E-state index contributed by atoms with van der Waals surface area (Å²) in [7, 11) is -2.16. The summed E-state index contributed by atoms with van der Waals surface area (Å²) in [4.78, 5) is 37.5. The van der Waals surface area contributed by atoms with Crippen molar-refractivity contribution < 1.29 is 36.6 Å². The first-order valence-corrected chi connectivity index (χ1v) is 22.8. The van der Waals surface area contributed by atoms with Gasteiger partial charge in [-0.25, -0.2) is 9.19 Å². The van der Waals surface area contributed by atoms with Crippen LogP contribution < -0.4 is 19.7 Å². The van der Waals surface area contributed by atoms with Crippen LogP contribution in [0.1, 0.15) is 67.4 Å². The van der Waals surface area contributed by atoms with Crippen LogP contribution in [-0.2, 0) is 21.9 Å². The number of pyridine rings is 1. The number of piperazine rings is 1. The molecule has 0 spiro atoms. The van der Waals surface area contributed by atoms with Crippen LogP contribution in [-0.4, -0.2) is 82.4 Å². The molecule has 2 aromatic heterocycles. The van der Waals surface area contributed by atoms with E-state index in [2.05, 4.69) is 43.7 Å². The van der Waals surface area contributed by atoms with E-state index in [4.69, 9.17) is 21.1 Å². The largest absolute Gasteiger partial charge is 0.455 e. The summed E-state index contributed by atoms with van der Waals surface area (Å²) < 4.78 is 68.4. The Morgan fingerprint density at radius 3 is 2.64 bits per heavy atom. The molecule has 13 nitrogen and oxygen atoms in total. The summed E-state index contributed by atoms with van der Waals surface area (Å²) in [5.74, 6) is 0.0642. The number of hydrogen-bond acceptors (Lipinski definition) is 10. The van der Waals surface area contributed by atoms with Crippen molar-refractivity contribution in [2.75, 3.05) is 62.7 Å². The molecule has 2 aliphatic heterocycles. The Morgan fingerprint density at radius 2 is 1.91 bits per heavy atom. The third kappa shape index (κ3) is 10.5. The molecule has 2 atom stereocenters. The van der Waals surface area contributed by atoms with E-state index in [0.717, 1.165) is 54.5 Å². The lowest BCUT2D eigenvalue weighted by atomic mass is 9.72. The number of nitrogens with zero attached hydrogens (tertiary/aromatic N) is 4. The second-order valence-corrected chi connectivity index (χ2v) is 19.0. The van der Waals surface area contributed by atoms with Crippen LogP contribution in [0.4, 0.5) is 30.2 Å². The number of H-pyrrole nitrogens is 1. The highest BCUT2D eigenvalue weighted by Crippen LogP contribution is 2.46. The van der Waals surface area contributed by atoms with E-state index in [1.807, 2.05) is 6.07 Å². The molecule has 0 radical (unpaired) electrons. The minimum Gasteiger partial charge on any atom is -0.455 e. The number of fused-ring (bicyclic) bond motifs is 1. The van der Waals surface area contributed by atoms with Gasteiger partial charge < -0.3 is 24.7 Å². The van der Waals surface area contributed by atoms with Crippen molar-refractivity contribution in [3.8, 4) is 11.5 Å². The first kappa shape index (κ1) is 45.1. The van der Waals surface area contributed by atoms with Crippen LogP contribution in [0.25, 0.3) is 16.6 Å². The molecular weight excluding hydrogens is 871 g/mol. The number of amides is 1. The van der Waals surface area contributed by atoms with Crippen molar-refractivity contribution in [2.45, 2.75) is 57.0 Å². The van der Waals surface area contributed by atoms with Gasteiger partial charge in [0.05, 0.1) is 33.7 Å². The van der Waals surface area contributed by atoms with Crippen molar-refractivity contribution in [1.29, 1.82) is 0 Å². The average Bonchev–Trinajstić information content (AvgIpc) is 3.74. The first-order chi connectivity index (χ1) is 30.6. The lowest BCUT2D eigenvalue weighted by Gasteiger charge is -2.39. The normalized spacial score (nSPS) is 18.8. The fourth-order valence-corrected chi connectivity index (χ4v) is 9.69. The number of allylic oxidation sites excluding steroid dienone is 1. The number of benzene rings is 3. The molecule has 0 bridgehead atoms. The number of halogens is 4. The molecule has 4 heterocycles. The number of hydrogen-bond donors (Lipinski definition) is 3. The third-order valence-electron chi connectivity index (χ3n) is 12.2. The monoisotopic (exact) mass is 919 g/mol. The maximum Gasteiger partial charge on any atom is 0.416 e. The molecule has 5 aromatic rings. The summed E-state index contributed by atoms with van der Waals surface area (Å²) in [6.45, 7) is 9.43. The van der Waals surface area contributed by atoms with Gasteiger partial charge in [-0.3, -0.25) is 24.5 Å². The van der Waals surface area contributed by atoms with Gasteiger partial charge in [-0.1, -0.05) is 37.1 Å². The van der Waals surface area contributed by atoms with Gasteiger partial charge in [0.1, 0.15) is 22.8 Å². The summed E-state index contributed by atoms with van der Waals surface area (Å²) in [5.41, 5.74) is 3.60. The topological polar surface area (TPSA) is 155 Å². The number of nitrogens with one attached hydrogen (secondary N) is 3. The van der Waals surface area contributed by atoms with E-state index in [9.17, 15) is 32.3 Å². The van der Waals surface area contributed by atoms with Crippen molar-refractivity contribution in [3.05, 3.63) is 117 Å². The predicted molar refractivity (Wildman–Crippen MR) is 241 cm³/mol.